The van der Waals surface area contributed by atoms with Gasteiger partial charge in [-0.1, -0.05) is 24.3 Å². The van der Waals surface area contributed by atoms with E-state index in [1.807, 2.05) is 35.2 Å². The van der Waals surface area contributed by atoms with Crippen LogP contribution in [0.3, 0.4) is 0 Å². The summed E-state index contributed by atoms with van der Waals surface area (Å²) in [5, 5.41) is 11.8. The fourth-order valence-electron chi connectivity index (χ4n) is 4.43. The first kappa shape index (κ1) is 21.2. The number of hydrogen-bond acceptors (Lipinski definition) is 6. The molecule has 1 atom stereocenters. The van der Waals surface area contributed by atoms with Crippen molar-refractivity contribution in [1.29, 1.82) is 0 Å². The number of carbonyl (C=O) groups is 2. The molecule has 9 nitrogen and oxygen atoms in total. The molecule has 0 saturated carbocycles. The molecule has 0 radical (unpaired) electrons. The van der Waals surface area contributed by atoms with Crippen LogP contribution in [-0.4, -0.2) is 74.5 Å². The summed E-state index contributed by atoms with van der Waals surface area (Å²) in [4.78, 5) is 31.3. The number of nitrogens with zero attached hydrogens (tertiary/aromatic N) is 7. The van der Waals surface area contributed by atoms with Crippen LogP contribution in [0, 0.1) is 11.7 Å². The molecule has 10 heteroatoms. The number of benzene rings is 2. The van der Waals surface area contributed by atoms with Crippen molar-refractivity contribution >= 4 is 17.5 Å². The summed E-state index contributed by atoms with van der Waals surface area (Å²) >= 11 is 0. The smallest absolute Gasteiger partial charge is 0.228 e. The molecule has 0 N–H and O–H groups in total. The molecule has 2 aliphatic rings. The van der Waals surface area contributed by atoms with Gasteiger partial charge < -0.3 is 9.80 Å². The van der Waals surface area contributed by atoms with Gasteiger partial charge in [-0.3, -0.25) is 14.5 Å². The van der Waals surface area contributed by atoms with Crippen molar-refractivity contribution in [3.8, 4) is 5.69 Å². The molecule has 2 aromatic carbocycles. The van der Waals surface area contributed by atoms with Crippen molar-refractivity contribution in [2.45, 2.75) is 13.0 Å². The molecule has 5 rings (SSSR count). The number of aromatic nitrogens is 4. The molecule has 1 aromatic heterocycles. The van der Waals surface area contributed by atoms with Gasteiger partial charge in [0.1, 0.15) is 5.82 Å². The van der Waals surface area contributed by atoms with Crippen molar-refractivity contribution in [2.75, 3.05) is 37.6 Å². The van der Waals surface area contributed by atoms with Gasteiger partial charge in [-0.05, 0) is 40.8 Å². The predicted octanol–water partition coefficient (Wildman–Crippen LogP) is 1.50. The predicted molar refractivity (Wildman–Crippen MR) is 118 cm³/mol. The monoisotopic (exact) mass is 449 g/mol. The Balaban J connectivity index is 1.17. The zero-order valence-corrected chi connectivity index (χ0v) is 18.0. The summed E-state index contributed by atoms with van der Waals surface area (Å²) < 4.78 is 15.1. The highest BCUT2D eigenvalue weighted by molar-refractivity contribution is 6.00. The summed E-state index contributed by atoms with van der Waals surface area (Å²) in [5.74, 6) is -0.0319. The number of anilines is 1. The Labute approximate surface area is 190 Å². The number of amides is 2. The van der Waals surface area contributed by atoms with Crippen LogP contribution in [0.25, 0.3) is 5.69 Å². The van der Waals surface area contributed by atoms with Crippen LogP contribution in [0.5, 0.6) is 0 Å². The van der Waals surface area contributed by atoms with E-state index in [-0.39, 0.29) is 30.0 Å². The van der Waals surface area contributed by atoms with E-state index in [0.717, 1.165) is 5.69 Å². The van der Waals surface area contributed by atoms with Gasteiger partial charge >= 0.3 is 0 Å². The average molecular weight is 449 g/mol. The third kappa shape index (κ3) is 4.47. The van der Waals surface area contributed by atoms with E-state index in [0.29, 0.717) is 50.8 Å². The van der Waals surface area contributed by atoms with Gasteiger partial charge in [0.25, 0.3) is 0 Å². The number of halogens is 1. The molecule has 33 heavy (non-hydrogen) atoms. The molecule has 2 aliphatic heterocycles. The lowest BCUT2D eigenvalue weighted by Gasteiger charge is -2.35. The lowest BCUT2D eigenvalue weighted by Crippen LogP contribution is -2.50. The summed E-state index contributed by atoms with van der Waals surface area (Å²) in [7, 11) is 0. The van der Waals surface area contributed by atoms with Gasteiger partial charge in [0.2, 0.25) is 11.8 Å². The second kappa shape index (κ2) is 9.07. The minimum Gasteiger partial charge on any atom is -0.340 e. The van der Waals surface area contributed by atoms with Crippen LogP contribution < -0.4 is 4.90 Å². The molecular formula is C23H24FN7O2. The number of rotatable bonds is 5. The van der Waals surface area contributed by atoms with Crippen LogP contribution in [0.2, 0.25) is 0 Å². The third-order valence-electron chi connectivity index (χ3n) is 6.18. The maximum absolute atomic E-state index is 13.6. The molecule has 3 heterocycles. The highest BCUT2D eigenvalue weighted by Crippen LogP contribution is 2.26. The second-order valence-corrected chi connectivity index (χ2v) is 8.33. The van der Waals surface area contributed by atoms with Crippen LogP contribution in [0.4, 0.5) is 10.1 Å². The second-order valence-electron chi connectivity index (χ2n) is 8.33. The Kier molecular flexibility index (Phi) is 5.82. The summed E-state index contributed by atoms with van der Waals surface area (Å²) in [6, 6.07) is 15.6. The van der Waals surface area contributed by atoms with Gasteiger partial charge in [-0.15, -0.1) is 5.10 Å². The topological polar surface area (TPSA) is 87.5 Å². The van der Waals surface area contributed by atoms with E-state index in [2.05, 4.69) is 20.4 Å². The van der Waals surface area contributed by atoms with Crippen molar-refractivity contribution in [3.63, 3.8) is 0 Å². The zero-order valence-electron chi connectivity index (χ0n) is 18.0. The van der Waals surface area contributed by atoms with Crippen molar-refractivity contribution in [3.05, 3.63) is 66.2 Å². The van der Waals surface area contributed by atoms with Gasteiger partial charge in [-0.25, -0.2) is 4.39 Å². The number of tetrazole rings is 1. The molecule has 2 amide bonds. The first-order valence-corrected chi connectivity index (χ1v) is 11.0. The lowest BCUT2D eigenvalue weighted by atomic mass is 10.1. The summed E-state index contributed by atoms with van der Waals surface area (Å²) in [6.45, 7) is 3.42. The standard InChI is InChI=1S/C23H24FN7O2/c24-18-5-4-8-20(14-18)31-21(25-26-27-31)16-28-9-11-29(12-10-28)23(33)17-13-22(32)30(15-17)19-6-2-1-3-7-19/h1-8,14,17H,9-13,15-16H2. The highest BCUT2D eigenvalue weighted by Gasteiger charge is 2.38. The SMILES string of the molecule is O=C(C1CC(=O)N(c2ccccc2)C1)N1CCN(Cc2nnnn2-c2cccc(F)c2)CC1. The molecule has 1 unspecified atom stereocenters. The number of hydrogen-bond donors (Lipinski definition) is 0. The van der Waals surface area contributed by atoms with E-state index in [1.165, 1.54) is 16.8 Å². The van der Waals surface area contributed by atoms with E-state index in [1.54, 1.807) is 17.0 Å². The minimum atomic E-state index is -0.350. The van der Waals surface area contributed by atoms with E-state index >= 15 is 0 Å². The fraction of sp³-hybridized carbons (Fsp3) is 0.348. The molecule has 170 valence electrons. The van der Waals surface area contributed by atoms with Crippen LogP contribution >= 0.6 is 0 Å². The van der Waals surface area contributed by atoms with E-state index < -0.39 is 0 Å². The van der Waals surface area contributed by atoms with Crippen LogP contribution in [0.15, 0.2) is 54.6 Å². The van der Waals surface area contributed by atoms with Gasteiger partial charge in [0.05, 0.1) is 18.2 Å². The van der Waals surface area contributed by atoms with Crippen molar-refractivity contribution in [1.82, 2.24) is 30.0 Å². The maximum Gasteiger partial charge on any atom is 0.228 e. The molecule has 2 saturated heterocycles. The normalized spacial score (nSPS) is 19.3. The molecule has 0 aliphatic carbocycles. The Bertz CT molecular complexity index is 1140. The van der Waals surface area contributed by atoms with Crippen LogP contribution in [-0.2, 0) is 16.1 Å². The number of piperazine rings is 1. The number of carbonyl (C=O) groups excluding carboxylic acids is 2. The molecular weight excluding hydrogens is 425 g/mol. The van der Waals surface area contributed by atoms with Crippen molar-refractivity contribution < 1.29 is 14.0 Å². The quantitative estimate of drug-likeness (QED) is 0.587. The number of para-hydroxylation sites is 1. The van der Waals surface area contributed by atoms with Crippen LogP contribution in [0.1, 0.15) is 12.2 Å². The Hall–Kier alpha value is -3.66. The van der Waals surface area contributed by atoms with E-state index in [9.17, 15) is 14.0 Å². The summed E-state index contributed by atoms with van der Waals surface area (Å²) in [6.07, 6.45) is 0.246. The van der Waals surface area contributed by atoms with Crippen molar-refractivity contribution in [2.24, 2.45) is 5.92 Å². The third-order valence-corrected chi connectivity index (χ3v) is 6.18. The first-order chi connectivity index (χ1) is 16.1. The summed E-state index contributed by atoms with van der Waals surface area (Å²) in [5.41, 5.74) is 1.40. The zero-order chi connectivity index (χ0) is 22.8. The van der Waals surface area contributed by atoms with Gasteiger partial charge in [0, 0.05) is 44.8 Å². The molecule has 0 bridgehead atoms. The largest absolute Gasteiger partial charge is 0.340 e. The Morgan fingerprint density at radius 1 is 1.00 bits per heavy atom. The average Bonchev–Trinajstić information content (AvgIpc) is 3.46. The fourth-order valence-corrected chi connectivity index (χ4v) is 4.43. The minimum absolute atomic E-state index is 0.0117. The first-order valence-electron chi connectivity index (χ1n) is 11.0. The lowest BCUT2D eigenvalue weighted by molar-refractivity contribution is -0.137. The molecule has 0 spiro atoms. The maximum atomic E-state index is 13.6. The van der Waals surface area contributed by atoms with Gasteiger partial charge in [0.15, 0.2) is 5.82 Å². The Morgan fingerprint density at radius 3 is 2.52 bits per heavy atom. The highest BCUT2D eigenvalue weighted by atomic mass is 19.1. The molecule has 2 fully saturated rings. The van der Waals surface area contributed by atoms with E-state index in [4.69, 9.17) is 0 Å². The molecule has 3 aromatic rings. The Morgan fingerprint density at radius 2 is 1.76 bits per heavy atom. The van der Waals surface area contributed by atoms with Gasteiger partial charge in [-0.2, -0.15) is 4.68 Å².